The van der Waals surface area contributed by atoms with Crippen LogP contribution in [0, 0.1) is 0 Å². The van der Waals surface area contributed by atoms with Crippen molar-refractivity contribution in [3.63, 3.8) is 0 Å². The van der Waals surface area contributed by atoms with E-state index in [0.717, 1.165) is 5.56 Å². The Bertz CT molecular complexity index is 807. The van der Waals surface area contributed by atoms with Crippen LogP contribution in [0.5, 0.6) is 0 Å². The molecule has 134 valence electrons. The summed E-state index contributed by atoms with van der Waals surface area (Å²) in [6, 6.07) is 15.9. The van der Waals surface area contributed by atoms with Gasteiger partial charge in [0.2, 0.25) is 15.9 Å². The van der Waals surface area contributed by atoms with Crippen LogP contribution in [-0.2, 0) is 14.8 Å². The van der Waals surface area contributed by atoms with Crippen molar-refractivity contribution < 1.29 is 13.2 Å². The van der Waals surface area contributed by atoms with Crippen LogP contribution in [-0.4, -0.2) is 27.4 Å². The second-order valence-electron chi connectivity index (χ2n) is 5.78. The molecular formula is C18H23N3O3S. The molecular weight excluding hydrogens is 338 g/mol. The van der Waals surface area contributed by atoms with Gasteiger partial charge in [-0.3, -0.25) is 4.79 Å². The van der Waals surface area contributed by atoms with Crippen molar-refractivity contribution in [2.24, 2.45) is 5.73 Å². The van der Waals surface area contributed by atoms with Crippen LogP contribution in [0.3, 0.4) is 0 Å². The van der Waals surface area contributed by atoms with Crippen molar-refractivity contribution in [3.8, 4) is 0 Å². The Morgan fingerprint density at radius 2 is 1.84 bits per heavy atom. The summed E-state index contributed by atoms with van der Waals surface area (Å²) in [7, 11) is -3.63. The van der Waals surface area contributed by atoms with E-state index < -0.39 is 10.0 Å². The van der Waals surface area contributed by atoms with Gasteiger partial charge in [0.1, 0.15) is 0 Å². The Morgan fingerprint density at radius 3 is 2.52 bits per heavy atom. The molecule has 0 radical (unpaired) electrons. The fraction of sp³-hybridized carbons (Fsp3) is 0.278. The zero-order valence-corrected chi connectivity index (χ0v) is 14.9. The number of nitrogens with one attached hydrogen (secondary N) is 2. The quantitative estimate of drug-likeness (QED) is 0.670. The van der Waals surface area contributed by atoms with Gasteiger partial charge in [-0.15, -0.1) is 0 Å². The minimum absolute atomic E-state index is 0.0688. The van der Waals surface area contributed by atoms with Gasteiger partial charge in [0.25, 0.3) is 0 Å². The fourth-order valence-corrected chi connectivity index (χ4v) is 3.50. The normalized spacial score (nSPS) is 12.6. The number of rotatable bonds is 8. The summed E-state index contributed by atoms with van der Waals surface area (Å²) in [5.41, 5.74) is 6.85. The molecule has 2 rings (SSSR count). The topological polar surface area (TPSA) is 101 Å². The predicted molar refractivity (Wildman–Crippen MR) is 98.8 cm³/mol. The van der Waals surface area contributed by atoms with E-state index in [0.29, 0.717) is 12.1 Å². The highest BCUT2D eigenvalue weighted by Crippen LogP contribution is 2.20. The summed E-state index contributed by atoms with van der Waals surface area (Å²) in [6.07, 6.45) is 0.312. The van der Waals surface area contributed by atoms with Gasteiger partial charge in [-0.25, -0.2) is 13.1 Å². The van der Waals surface area contributed by atoms with Crippen molar-refractivity contribution in [2.45, 2.75) is 24.2 Å². The molecule has 0 aliphatic carbocycles. The second-order valence-corrected chi connectivity index (χ2v) is 7.55. The molecule has 1 amide bonds. The number of hydrogen-bond acceptors (Lipinski definition) is 4. The minimum Gasteiger partial charge on any atom is -0.329 e. The van der Waals surface area contributed by atoms with Crippen LogP contribution in [0.4, 0.5) is 5.69 Å². The van der Waals surface area contributed by atoms with Gasteiger partial charge in [0.05, 0.1) is 4.90 Å². The van der Waals surface area contributed by atoms with Crippen molar-refractivity contribution in [2.75, 3.05) is 18.4 Å². The lowest BCUT2D eigenvalue weighted by Gasteiger charge is -2.13. The molecule has 1 unspecified atom stereocenters. The molecule has 0 bridgehead atoms. The van der Waals surface area contributed by atoms with Gasteiger partial charge < -0.3 is 11.1 Å². The first-order chi connectivity index (χ1) is 11.9. The molecule has 2 aromatic rings. The number of carbonyl (C=O) groups excluding carboxylic acids is 1. The van der Waals surface area contributed by atoms with Crippen LogP contribution < -0.4 is 15.8 Å². The summed E-state index contributed by atoms with van der Waals surface area (Å²) < 4.78 is 26.6. The summed E-state index contributed by atoms with van der Waals surface area (Å²) in [5.74, 6) is -0.0971. The summed E-state index contributed by atoms with van der Waals surface area (Å²) >= 11 is 0. The fourth-order valence-electron chi connectivity index (χ4n) is 2.41. The molecule has 4 N–H and O–H groups in total. The molecule has 7 heteroatoms. The van der Waals surface area contributed by atoms with E-state index >= 15 is 0 Å². The molecule has 0 saturated heterocycles. The molecule has 2 aromatic carbocycles. The van der Waals surface area contributed by atoms with Crippen molar-refractivity contribution >= 4 is 21.6 Å². The lowest BCUT2D eigenvalue weighted by atomic mass is 9.97. The van der Waals surface area contributed by atoms with Crippen molar-refractivity contribution in [1.29, 1.82) is 0 Å². The van der Waals surface area contributed by atoms with Gasteiger partial charge in [-0.05, 0) is 29.7 Å². The van der Waals surface area contributed by atoms with E-state index in [9.17, 15) is 13.2 Å². The molecule has 25 heavy (non-hydrogen) atoms. The Kier molecular flexibility index (Phi) is 6.69. The minimum atomic E-state index is -3.63. The molecule has 0 saturated carbocycles. The van der Waals surface area contributed by atoms with Crippen LogP contribution in [0.25, 0.3) is 0 Å². The molecule has 0 heterocycles. The Hall–Kier alpha value is -2.22. The zero-order chi connectivity index (χ0) is 18.3. The highest BCUT2D eigenvalue weighted by atomic mass is 32.2. The van der Waals surface area contributed by atoms with Crippen LogP contribution >= 0.6 is 0 Å². The number of anilines is 1. The van der Waals surface area contributed by atoms with E-state index in [1.165, 1.54) is 12.1 Å². The molecule has 0 aliphatic rings. The first-order valence-corrected chi connectivity index (χ1v) is 9.55. The predicted octanol–water partition coefficient (Wildman–Crippen LogP) is 2.06. The maximum Gasteiger partial charge on any atom is 0.240 e. The summed E-state index contributed by atoms with van der Waals surface area (Å²) in [5, 5.41) is 2.76. The highest BCUT2D eigenvalue weighted by Gasteiger charge is 2.15. The van der Waals surface area contributed by atoms with E-state index in [2.05, 4.69) is 10.0 Å². The monoisotopic (exact) mass is 361 g/mol. The van der Waals surface area contributed by atoms with E-state index in [-0.39, 0.29) is 29.8 Å². The maximum absolute atomic E-state index is 12.2. The number of sulfonamides is 1. The molecule has 0 fully saturated rings. The molecule has 0 aromatic heterocycles. The maximum atomic E-state index is 12.2. The number of amides is 1. The second kappa shape index (κ2) is 8.75. The Balaban J connectivity index is 2.03. The molecule has 6 nitrogen and oxygen atoms in total. The van der Waals surface area contributed by atoms with Crippen molar-refractivity contribution in [1.82, 2.24) is 4.72 Å². The number of carbonyl (C=O) groups is 1. The van der Waals surface area contributed by atoms with Gasteiger partial charge >= 0.3 is 0 Å². The smallest absolute Gasteiger partial charge is 0.240 e. The third-order valence-electron chi connectivity index (χ3n) is 3.72. The highest BCUT2D eigenvalue weighted by molar-refractivity contribution is 7.89. The average molecular weight is 361 g/mol. The summed E-state index contributed by atoms with van der Waals surface area (Å²) in [6.45, 7) is 2.35. The molecule has 0 aliphatic heterocycles. The number of nitrogens with two attached hydrogens (primary N) is 1. The molecule has 1 atom stereocenters. The molecule has 0 spiro atoms. The van der Waals surface area contributed by atoms with Gasteiger partial charge in [0, 0.05) is 25.2 Å². The van der Waals surface area contributed by atoms with E-state index in [1.54, 1.807) is 12.1 Å². The lowest BCUT2D eigenvalue weighted by Crippen LogP contribution is -2.29. The van der Waals surface area contributed by atoms with E-state index in [4.69, 9.17) is 5.73 Å². The van der Waals surface area contributed by atoms with Crippen LogP contribution in [0.1, 0.15) is 24.8 Å². The Morgan fingerprint density at radius 1 is 1.12 bits per heavy atom. The van der Waals surface area contributed by atoms with Crippen LogP contribution in [0.2, 0.25) is 0 Å². The third kappa shape index (κ3) is 5.67. The van der Waals surface area contributed by atoms with Crippen LogP contribution in [0.15, 0.2) is 59.5 Å². The largest absolute Gasteiger partial charge is 0.329 e. The standard InChI is InChI=1S/C18H23N3O3S/c1-14(15-6-3-2-4-7-15)12-18(22)21-16-8-5-9-17(13-16)25(23,24)20-11-10-19/h2-9,13-14,20H,10-12,19H2,1H3,(H,21,22). The number of benzene rings is 2. The van der Waals surface area contributed by atoms with Gasteiger partial charge in [-0.2, -0.15) is 0 Å². The van der Waals surface area contributed by atoms with Crippen molar-refractivity contribution in [3.05, 3.63) is 60.2 Å². The third-order valence-corrected chi connectivity index (χ3v) is 5.18. The lowest BCUT2D eigenvalue weighted by molar-refractivity contribution is -0.116. The first-order valence-electron chi connectivity index (χ1n) is 8.07. The Labute approximate surface area is 148 Å². The zero-order valence-electron chi connectivity index (χ0n) is 14.1. The van der Waals surface area contributed by atoms with Gasteiger partial charge in [-0.1, -0.05) is 43.3 Å². The van der Waals surface area contributed by atoms with Gasteiger partial charge in [0.15, 0.2) is 0 Å². The first kappa shape index (κ1) is 19.1. The summed E-state index contributed by atoms with van der Waals surface area (Å²) in [4.78, 5) is 12.3. The number of hydrogen-bond donors (Lipinski definition) is 3. The SMILES string of the molecule is CC(CC(=O)Nc1cccc(S(=O)(=O)NCCN)c1)c1ccccc1. The van der Waals surface area contributed by atoms with E-state index in [1.807, 2.05) is 37.3 Å². The average Bonchev–Trinajstić information content (AvgIpc) is 2.61.